The van der Waals surface area contributed by atoms with Crippen LogP contribution in [0.4, 0.5) is 0 Å². The van der Waals surface area contributed by atoms with E-state index in [0.29, 0.717) is 0 Å². The minimum Gasteiger partial charge on any atom is -0.356 e. The molecule has 1 N–H and O–H groups in total. The average molecular weight is 472 g/mol. The van der Waals surface area contributed by atoms with E-state index in [1.54, 1.807) is 11.3 Å². The first kappa shape index (κ1) is 21.9. The van der Waals surface area contributed by atoms with E-state index >= 15 is 0 Å². The second-order valence-electron chi connectivity index (χ2n) is 6.16. The van der Waals surface area contributed by atoms with Crippen LogP contribution in [0.5, 0.6) is 0 Å². The molecule has 1 aromatic carbocycles. The Kier molecular flexibility index (Phi) is 10.0. The van der Waals surface area contributed by atoms with E-state index in [4.69, 9.17) is 0 Å². The van der Waals surface area contributed by atoms with Crippen molar-refractivity contribution >= 4 is 41.3 Å². The van der Waals surface area contributed by atoms with Crippen molar-refractivity contribution < 1.29 is 0 Å². The molecule has 0 saturated carbocycles. The van der Waals surface area contributed by atoms with Gasteiger partial charge in [0.15, 0.2) is 5.96 Å². The maximum Gasteiger partial charge on any atom is 0.193 e. The van der Waals surface area contributed by atoms with Crippen molar-refractivity contribution in [3.05, 3.63) is 51.5 Å². The van der Waals surface area contributed by atoms with Crippen LogP contribution in [0.25, 0.3) is 0 Å². The summed E-state index contributed by atoms with van der Waals surface area (Å²) in [4.78, 5) is 11.1. The fraction of sp³-hybridized carbons (Fsp3) is 0.474. The number of hydrogen-bond donors (Lipinski definition) is 1. The number of rotatable bonds is 7. The molecule has 4 nitrogen and oxygen atoms in total. The smallest absolute Gasteiger partial charge is 0.193 e. The minimum atomic E-state index is 0. The molecule has 0 unspecified atom stereocenters. The van der Waals surface area contributed by atoms with Gasteiger partial charge in [-0.1, -0.05) is 29.8 Å². The second kappa shape index (κ2) is 11.5. The lowest BCUT2D eigenvalue weighted by Gasteiger charge is -2.22. The normalized spacial score (nSPS) is 11.1. The van der Waals surface area contributed by atoms with Gasteiger partial charge in [0, 0.05) is 38.3 Å². The molecule has 0 aliphatic heterocycles. The van der Waals surface area contributed by atoms with E-state index in [-0.39, 0.29) is 24.0 Å². The van der Waals surface area contributed by atoms with Crippen molar-refractivity contribution in [3.63, 3.8) is 0 Å². The molecule has 0 radical (unpaired) electrons. The van der Waals surface area contributed by atoms with E-state index in [0.717, 1.165) is 44.0 Å². The summed E-state index contributed by atoms with van der Waals surface area (Å²) in [5.74, 6) is 0.945. The molecule has 2 aromatic rings. The molecule has 0 bridgehead atoms. The van der Waals surface area contributed by atoms with Crippen LogP contribution in [-0.4, -0.2) is 36.5 Å². The lowest BCUT2D eigenvalue weighted by Crippen LogP contribution is -2.38. The summed E-state index contributed by atoms with van der Waals surface area (Å²) in [5.41, 5.74) is 3.72. The topological polar surface area (TPSA) is 40.5 Å². The lowest BCUT2D eigenvalue weighted by atomic mass is 10.1. The third-order valence-corrected chi connectivity index (χ3v) is 4.91. The van der Waals surface area contributed by atoms with Crippen molar-refractivity contribution in [2.45, 2.75) is 39.7 Å². The predicted molar refractivity (Wildman–Crippen MR) is 119 cm³/mol. The van der Waals surface area contributed by atoms with Crippen LogP contribution >= 0.6 is 35.3 Å². The molecule has 0 amide bonds. The molecule has 0 atom stereocenters. The van der Waals surface area contributed by atoms with Crippen molar-refractivity contribution in [1.29, 1.82) is 0 Å². The van der Waals surface area contributed by atoms with Crippen molar-refractivity contribution in [2.75, 3.05) is 20.6 Å². The quantitative estimate of drug-likeness (QED) is 0.281. The third-order valence-electron chi connectivity index (χ3n) is 3.88. The first-order valence-corrected chi connectivity index (χ1v) is 9.35. The zero-order valence-corrected chi connectivity index (χ0v) is 18.7. The molecule has 0 fully saturated rings. The van der Waals surface area contributed by atoms with E-state index in [9.17, 15) is 0 Å². The lowest BCUT2D eigenvalue weighted by molar-refractivity contribution is 0.475. The molecule has 2 rings (SSSR count). The first-order chi connectivity index (χ1) is 11.6. The largest absolute Gasteiger partial charge is 0.356 e. The van der Waals surface area contributed by atoms with Gasteiger partial charge < -0.3 is 10.2 Å². The van der Waals surface area contributed by atoms with Gasteiger partial charge in [0.2, 0.25) is 0 Å². The molecule has 25 heavy (non-hydrogen) atoms. The fourth-order valence-corrected chi connectivity index (χ4v) is 3.36. The summed E-state index contributed by atoms with van der Waals surface area (Å²) < 4.78 is 0. The van der Waals surface area contributed by atoms with E-state index in [2.05, 4.69) is 70.7 Å². The second-order valence-corrected chi connectivity index (χ2v) is 7.10. The number of nitrogens with zero attached hydrogens (tertiary/aromatic N) is 3. The van der Waals surface area contributed by atoms with E-state index in [1.807, 2.05) is 7.05 Å². The molecular formula is C19H29IN4S. The Morgan fingerprint density at radius 2 is 1.92 bits per heavy atom. The van der Waals surface area contributed by atoms with Crippen molar-refractivity contribution in [3.8, 4) is 0 Å². The highest BCUT2D eigenvalue weighted by atomic mass is 127. The fourth-order valence-electron chi connectivity index (χ4n) is 2.55. The molecule has 0 aliphatic rings. The SMILES string of the molecule is CN=C(NCCCCc1nc(C)cs1)N(C)Cc1ccc(C)cc1.I. The number of aromatic nitrogens is 1. The molecule has 0 spiro atoms. The number of hydrogen-bond acceptors (Lipinski definition) is 3. The molecule has 0 saturated heterocycles. The van der Waals surface area contributed by atoms with Gasteiger partial charge in [0.1, 0.15) is 0 Å². The Bertz CT molecular complexity index is 652. The molecule has 1 heterocycles. The van der Waals surface area contributed by atoms with Crippen LogP contribution in [0.2, 0.25) is 0 Å². The molecule has 0 aliphatic carbocycles. The monoisotopic (exact) mass is 472 g/mol. The van der Waals surface area contributed by atoms with Crippen LogP contribution in [0.3, 0.4) is 0 Å². The molecular weight excluding hydrogens is 443 g/mol. The number of benzene rings is 1. The van der Waals surface area contributed by atoms with E-state index in [1.165, 1.54) is 16.1 Å². The van der Waals surface area contributed by atoms with Gasteiger partial charge in [-0.3, -0.25) is 4.99 Å². The Morgan fingerprint density at radius 1 is 1.20 bits per heavy atom. The van der Waals surface area contributed by atoms with Gasteiger partial charge in [-0.05, 0) is 38.7 Å². The minimum absolute atomic E-state index is 0. The molecule has 138 valence electrons. The number of nitrogens with one attached hydrogen (secondary N) is 1. The molecule has 1 aromatic heterocycles. The highest BCUT2D eigenvalue weighted by Crippen LogP contribution is 2.11. The highest BCUT2D eigenvalue weighted by molar-refractivity contribution is 14.0. The number of halogens is 1. The van der Waals surface area contributed by atoms with Gasteiger partial charge in [-0.2, -0.15) is 0 Å². The van der Waals surface area contributed by atoms with Crippen LogP contribution in [-0.2, 0) is 13.0 Å². The van der Waals surface area contributed by atoms with Crippen LogP contribution < -0.4 is 5.32 Å². The maximum absolute atomic E-state index is 4.51. The van der Waals surface area contributed by atoms with Crippen molar-refractivity contribution in [1.82, 2.24) is 15.2 Å². The maximum atomic E-state index is 4.51. The molecule has 6 heteroatoms. The van der Waals surface area contributed by atoms with Gasteiger partial charge in [0.05, 0.1) is 5.01 Å². The van der Waals surface area contributed by atoms with Crippen LogP contribution in [0.15, 0.2) is 34.6 Å². The summed E-state index contributed by atoms with van der Waals surface area (Å²) in [6.45, 7) is 5.96. The Hall–Kier alpha value is -1.15. The van der Waals surface area contributed by atoms with Gasteiger partial charge in [0.25, 0.3) is 0 Å². The number of unbranched alkanes of at least 4 members (excludes halogenated alkanes) is 1. The number of aliphatic imine (C=N–C) groups is 1. The standard InChI is InChI=1S/C19H28N4S.HI/c1-15-8-10-17(11-9-15)13-23(4)19(20-3)21-12-6-5-7-18-22-16(2)14-24-18;/h8-11,14H,5-7,12-13H2,1-4H3,(H,20,21);1H. The summed E-state index contributed by atoms with van der Waals surface area (Å²) >= 11 is 1.76. The Morgan fingerprint density at radius 3 is 2.52 bits per heavy atom. The average Bonchev–Trinajstić information content (AvgIpc) is 2.98. The summed E-state index contributed by atoms with van der Waals surface area (Å²) in [6.07, 6.45) is 3.34. The van der Waals surface area contributed by atoms with Crippen LogP contribution in [0.1, 0.15) is 34.7 Å². The van der Waals surface area contributed by atoms with Gasteiger partial charge >= 0.3 is 0 Å². The number of thiazole rings is 1. The Labute approximate surface area is 172 Å². The summed E-state index contributed by atoms with van der Waals surface area (Å²) in [5, 5.41) is 6.82. The van der Waals surface area contributed by atoms with E-state index < -0.39 is 0 Å². The van der Waals surface area contributed by atoms with Gasteiger partial charge in [-0.25, -0.2) is 4.98 Å². The number of aryl methyl sites for hydroxylation is 3. The number of guanidine groups is 1. The summed E-state index contributed by atoms with van der Waals surface area (Å²) in [7, 11) is 3.92. The van der Waals surface area contributed by atoms with Crippen molar-refractivity contribution in [2.24, 2.45) is 4.99 Å². The zero-order chi connectivity index (χ0) is 17.4. The van der Waals surface area contributed by atoms with Crippen LogP contribution in [0, 0.1) is 13.8 Å². The predicted octanol–water partition coefficient (Wildman–Crippen LogP) is 4.41. The first-order valence-electron chi connectivity index (χ1n) is 8.47. The summed E-state index contributed by atoms with van der Waals surface area (Å²) in [6, 6.07) is 8.66. The third kappa shape index (κ3) is 7.73. The van der Waals surface area contributed by atoms with Gasteiger partial charge in [-0.15, -0.1) is 35.3 Å². The highest BCUT2D eigenvalue weighted by Gasteiger charge is 2.06. The zero-order valence-electron chi connectivity index (χ0n) is 15.6. The Balaban J connectivity index is 0.00000312.